The molecular weight excluding hydrogens is 649 g/mol. The number of hydrogen-bond donors (Lipinski definition) is 0. The predicted octanol–water partition coefficient (Wildman–Crippen LogP) is 14.2. The summed E-state index contributed by atoms with van der Waals surface area (Å²) in [5.41, 5.74) is 11.1. The quantitative estimate of drug-likeness (QED) is 0.163. The lowest BCUT2D eigenvalue weighted by molar-refractivity contribution is 1.28. The summed E-state index contributed by atoms with van der Waals surface area (Å²) in [5.74, 6) is 0. The van der Waals surface area contributed by atoms with E-state index >= 15 is 0 Å². The molecular formula is C49H32N2S. The molecule has 0 atom stereocenters. The third-order valence-corrected chi connectivity index (χ3v) is 11.2. The summed E-state index contributed by atoms with van der Waals surface area (Å²) in [6.45, 7) is 0. The topological polar surface area (TPSA) is 16.1 Å². The third-order valence-electron chi connectivity index (χ3n) is 10.0. The SMILES string of the molecule is c1ccc(-c2ccc(N(c3ccc(-c4ccccc4)cc3)c3cccc(-c4nc5ccccc5c5cc6c(cc45)sc4ccccc46)c3)cc2)cc1. The lowest BCUT2D eigenvalue weighted by Crippen LogP contribution is -2.10. The van der Waals surface area contributed by atoms with Crippen LogP contribution in [0.1, 0.15) is 0 Å². The summed E-state index contributed by atoms with van der Waals surface area (Å²) in [6.07, 6.45) is 0. The van der Waals surface area contributed by atoms with Gasteiger partial charge in [-0.2, -0.15) is 0 Å². The standard InChI is InChI=1S/C49H32N2S/c1-3-12-33(13-4-1)35-22-26-38(27-23-35)51(39-28-24-36(25-29-39)34-14-5-2-6-15-34)40-17-11-16-37(30-40)49-45-32-48-44(42-19-8-10-21-47(42)52-48)31-43(45)41-18-7-9-20-46(41)50-49/h1-32H. The fraction of sp³-hybridized carbons (Fsp3) is 0. The number of fused-ring (bicyclic) bond motifs is 6. The van der Waals surface area contributed by atoms with Crippen molar-refractivity contribution in [2.24, 2.45) is 0 Å². The molecule has 10 aromatic rings. The minimum atomic E-state index is 0.994. The Morgan fingerprint density at radius 1 is 0.327 bits per heavy atom. The van der Waals surface area contributed by atoms with Gasteiger partial charge in [0.2, 0.25) is 0 Å². The Balaban J connectivity index is 1.14. The van der Waals surface area contributed by atoms with Crippen LogP contribution >= 0.6 is 11.3 Å². The van der Waals surface area contributed by atoms with Gasteiger partial charge in [0.1, 0.15) is 0 Å². The predicted molar refractivity (Wildman–Crippen MR) is 223 cm³/mol. The lowest BCUT2D eigenvalue weighted by Gasteiger charge is -2.26. The maximum Gasteiger partial charge on any atom is 0.0789 e. The lowest BCUT2D eigenvalue weighted by atomic mass is 9.97. The van der Waals surface area contributed by atoms with E-state index in [0.29, 0.717) is 0 Å². The molecule has 0 spiro atoms. The molecule has 0 saturated heterocycles. The minimum absolute atomic E-state index is 0.994. The fourth-order valence-electron chi connectivity index (χ4n) is 7.50. The summed E-state index contributed by atoms with van der Waals surface area (Å²) >= 11 is 1.85. The average molecular weight is 681 g/mol. The first-order valence-electron chi connectivity index (χ1n) is 17.6. The summed E-state index contributed by atoms with van der Waals surface area (Å²) in [7, 11) is 0. The number of anilines is 3. The van der Waals surface area contributed by atoms with Crippen LogP contribution < -0.4 is 4.90 Å². The Morgan fingerprint density at radius 3 is 1.56 bits per heavy atom. The van der Waals surface area contributed by atoms with Gasteiger partial charge in [-0.1, -0.05) is 133 Å². The Morgan fingerprint density at radius 2 is 0.885 bits per heavy atom. The minimum Gasteiger partial charge on any atom is -0.310 e. The maximum absolute atomic E-state index is 5.36. The first-order chi connectivity index (χ1) is 25.8. The Hall–Kier alpha value is -6.55. The third kappa shape index (κ3) is 5.31. The number of benzene rings is 8. The van der Waals surface area contributed by atoms with Crippen LogP contribution in [0.25, 0.3) is 75.4 Å². The smallest absolute Gasteiger partial charge is 0.0789 e. The Labute approximate surface area is 306 Å². The molecule has 2 nitrogen and oxygen atoms in total. The Bertz CT molecular complexity index is 2790. The van der Waals surface area contributed by atoms with Crippen molar-refractivity contribution in [2.75, 3.05) is 4.90 Å². The largest absolute Gasteiger partial charge is 0.310 e. The van der Waals surface area contributed by atoms with Gasteiger partial charge in [-0.05, 0) is 88.3 Å². The molecule has 0 unspecified atom stereocenters. The molecule has 0 radical (unpaired) electrons. The Kier molecular flexibility index (Phi) is 7.37. The number of thiophene rings is 1. The van der Waals surface area contributed by atoms with Crippen molar-refractivity contribution in [3.05, 3.63) is 194 Å². The van der Waals surface area contributed by atoms with Gasteiger partial charge in [0.25, 0.3) is 0 Å². The summed E-state index contributed by atoms with van der Waals surface area (Å²) in [4.78, 5) is 7.70. The van der Waals surface area contributed by atoms with Crippen molar-refractivity contribution in [3.63, 3.8) is 0 Å². The van der Waals surface area contributed by atoms with Crippen molar-refractivity contribution in [3.8, 4) is 33.5 Å². The van der Waals surface area contributed by atoms with Gasteiger partial charge in [-0.3, -0.25) is 0 Å². The van der Waals surface area contributed by atoms with E-state index in [9.17, 15) is 0 Å². The van der Waals surface area contributed by atoms with Crippen molar-refractivity contribution >= 4 is 70.2 Å². The van der Waals surface area contributed by atoms with Crippen LogP contribution in [-0.2, 0) is 0 Å². The van der Waals surface area contributed by atoms with Crippen LogP contribution in [0.5, 0.6) is 0 Å². The molecule has 0 bridgehead atoms. The summed E-state index contributed by atoms with van der Waals surface area (Å²) in [6, 6.07) is 69.7. The molecule has 0 N–H and O–H groups in total. The normalized spacial score (nSPS) is 11.5. The summed E-state index contributed by atoms with van der Waals surface area (Å²) in [5, 5.41) is 6.18. The molecule has 0 amide bonds. The van der Waals surface area contributed by atoms with Crippen molar-refractivity contribution in [2.45, 2.75) is 0 Å². The zero-order valence-electron chi connectivity index (χ0n) is 28.3. The maximum atomic E-state index is 5.36. The highest BCUT2D eigenvalue weighted by atomic mass is 32.1. The van der Waals surface area contributed by atoms with E-state index in [-0.39, 0.29) is 0 Å². The zero-order valence-corrected chi connectivity index (χ0v) is 29.1. The van der Waals surface area contributed by atoms with Gasteiger partial charge >= 0.3 is 0 Å². The number of para-hydroxylation sites is 1. The molecule has 0 aliphatic rings. The molecule has 0 aliphatic heterocycles. The number of hydrogen-bond acceptors (Lipinski definition) is 3. The number of aromatic nitrogens is 1. The van der Waals surface area contributed by atoms with Crippen LogP contribution in [0.3, 0.4) is 0 Å². The molecule has 52 heavy (non-hydrogen) atoms. The van der Waals surface area contributed by atoms with Crippen LogP contribution in [0.15, 0.2) is 194 Å². The van der Waals surface area contributed by atoms with E-state index in [0.717, 1.165) is 33.8 Å². The number of nitrogens with zero attached hydrogens (tertiary/aromatic N) is 2. The van der Waals surface area contributed by atoms with Crippen molar-refractivity contribution in [1.82, 2.24) is 4.98 Å². The van der Waals surface area contributed by atoms with Crippen molar-refractivity contribution in [1.29, 1.82) is 0 Å². The summed E-state index contributed by atoms with van der Waals surface area (Å²) < 4.78 is 2.59. The molecule has 10 rings (SSSR count). The second-order valence-corrected chi connectivity index (χ2v) is 14.3. The second kappa shape index (κ2) is 12.6. The van der Waals surface area contributed by atoms with Gasteiger partial charge in [0.15, 0.2) is 0 Å². The fourth-order valence-corrected chi connectivity index (χ4v) is 8.62. The second-order valence-electron chi connectivity index (χ2n) is 13.2. The van der Waals surface area contributed by atoms with Gasteiger partial charge in [0.05, 0.1) is 11.2 Å². The van der Waals surface area contributed by atoms with Gasteiger partial charge in [-0.15, -0.1) is 11.3 Å². The average Bonchev–Trinajstić information content (AvgIpc) is 3.59. The molecule has 0 fully saturated rings. The van der Waals surface area contributed by atoms with E-state index in [1.54, 1.807) is 0 Å². The van der Waals surface area contributed by atoms with Gasteiger partial charge in [-0.25, -0.2) is 4.98 Å². The number of pyridine rings is 1. The highest BCUT2D eigenvalue weighted by Gasteiger charge is 2.18. The van der Waals surface area contributed by atoms with Crippen LogP contribution in [-0.4, -0.2) is 4.98 Å². The molecule has 8 aromatic carbocycles. The van der Waals surface area contributed by atoms with E-state index in [1.807, 2.05) is 11.3 Å². The van der Waals surface area contributed by atoms with E-state index in [4.69, 9.17) is 4.98 Å². The molecule has 0 aliphatic carbocycles. The molecule has 244 valence electrons. The number of rotatable bonds is 6. The van der Waals surface area contributed by atoms with Crippen LogP contribution in [0, 0.1) is 0 Å². The monoisotopic (exact) mass is 680 g/mol. The first-order valence-corrected chi connectivity index (χ1v) is 18.4. The highest BCUT2D eigenvalue weighted by Crippen LogP contribution is 2.43. The van der Waals surface area contributed by atoms with E-state index in [2.05, 4.69) is 199 Å². The van der Waals surface area contributed by atoms with Gasteiger partial charge in [0, 0.05) is 53.6 Å². The first kappa shape index (κ1) is 30.3. The molecule has 2 aromatic heterocycles. The van der Waals surface area contributed by atoms with Crippen LogP contribution in [0.2, 0.25) is 0 Å². The molecule has 0 saturated carbocycles. The molecule has 2 heterocycles. The highest BCUT2D eigenvalue weighted by molar-refractivity contribution is 7.25. The molecule has 3 heteroatoms. The van der Waals surface area contributed by atoms with E-state index in [1.165, 1.54) is 58.6 Å². The van der Waals surface area contributed by atoms with Gasteiger partial charge < -0.3 is 4.90 Å². The zero-order chi connectivity index (χ0) is 34.4. The van der Waals surface area contributed by atoms with Crippen LogP contribution in [0.4, 0.5) is 17.1 Å². The van der Waals surface area contributed by atoms with Crippen molar-refractivity contribution < 1.29 is 0 Å². The van der Waals surface area contributed by atoms with E-state index < -0.39 is 0 Å².